The maximum atomic E-state index is 12.5. The maximum absolute atomic E-state index is 12.5. The van der Waals surface area contributed by atoms with Gasteiger partial charge in [0.05, 0.1) is 31.3 Å². The van der Waals surface area contributed by atoms with Crippen LogP contribution in [0.15, 0.2) is 48.6 Å². The lowest BCUT2D eigenvalue weighted by atomic mass is 10.0. The van der Waals surface area contributed by atoms with E-state index < -0.39 is 18.2 Å². The van der Waals surface area contributed by atoms with Crippen molar-refractivity contribution in [1.82, 2.24) is 5.32 Å². The summed E-state index contributed by atoms with van der Waals surface area (Å²) < 4.78 is 0. The molecule has 3 unspecified atom stereocenters. The molecule has 3 atom stereocenters. The SMILES string of the molecule is CCCCCCCCCCC/C=C/CC/C=C/C(O)C(CO)NC(=O)CC(O)CCCCCCCCCCCCCCCCC/C=C\C/C=C\CCCCCCCCCCCCCCCCC. The minimum atomic E-state index is -0.952. The fraction of sp³-hybridized carbons (Fsp3) is 0.855. The summed E-state index contributed by atoms with van der Waals surface area (Å²) in [4.78, 5) is 12.5. The molecule has 0 bridgehead atoms. The molecule has 67 heavy (non-hydrogen) atoms. The topological polar surface area (TPSA) is 89.8 Å². The van der Waals surface area contributed by atoms with Gasteiger partial charge in [0.1, 0.15) is 0 Å². The van der Waals surface area contributed by atoms with E-state index in [-0.39, 0.29) is 18.9 Å². The van der Waals surface area contributed by atoms with Crippen LogP contribution in [0.1, 0.15) is 316 Å². The van der Waals surface area contributed by atoms with Crippen molar-refractivity contribution in [3.05, 3.63) is 48.6 Å². The quantitative estimate of drug-likeness (QED) is 0.0361. The van der Waals surface area contributed by atoms with Gasteiger partial charge in [-0.25, -0.2) is 0 Å². The van der Waals surface area contributed by atoms with E-state index in [4.69, 9.17) is 0 Å². The van der Waals surface area contributed by atoms with Crippen LogP contribution in [0.3, 0.4) is 0 Å². The molecule has 0 spiro atoms. The van der Waals surface area contributed by atoms with Gasteiger partial charge in [-0.1, -0.05) is 294 Å². The van der Waals surface area contributed by atoms with Crippen LogP contribution in [0.4, 0.5) is 0 Å². The molecule has 0 rings (SSSR count). The molecule has 0 saturated carbocycles. The average molecular weight is 941 g/mol. The van der Waals surface area contributed by atoms with E-state index in [2.05, 4.69) is 55.6 Å². The van der Waals surface area contributed by atoms with E-state index >= 15 is 0 Å². The van der Waals surface area contributed by atoms with Gasteiger partial charge in [0, 0.05) is 0 Å². The van der Waals surface area contributed by atoms with Crippen molar-refractivity contribution in [3.8, 4) is 0 Å². The summed E-state index contributed by atoms with van der Waals surface area (Å²) in [6.45, 7) is 4.22. The van der Waals surface area contributed by atoms with Gasteiger partial charge in [-0.3, -0.25) is 4.79 Å². The van der Waals surface area contributed by atoms with Crippen LogP contribution >= 0.6 is 0 Å². The predicted octanol–water partition coefficient (Wildman–Crippen LogP) is 18.8. The van der Waals surface area contributed by atoms with Crippen LogP contribution in [0, 0.1) is 0 Å². The smallest absolute Gasteiger partial charge is 0.222 e. The number of amides is 1. The number of hydrogen-bond donors (Lipinski definition) is 4. The average Bonchev–Trinajstić information content (AvgIpc) is 3.32. The van der Waals surface area contributed by atoms with Crippen LogP contribution in [-0.4, -0.2) is 46.1 Å². The summed E-state index contributed by atoms with van der Waals surface area (Å²) in [6, 6.07) is -0.762. The van der Waals surface area contributed by atoms with Crippen LogP contribution in [0.5, 0.6) is 0 Å². The van der Waals surface area contributed by atoms with Crippen LogP contribution in [0.25, 0.3) is 0 Å². The second-order valence-electron chi connectivity index (χ2n) is 20.6. The zero-order valence-corrected chi connectivity index (χ0v) is 45.0. The van der Waals surface area contributed by atoms with E-state index in [1.165, 1.54) is 250 Å². The molecule has 0 aliphatic carbocycles. The summed E-state index contributed by atoms with van der Waals surface area (Å²) in [5.41, 5.74) is 0. The van der Waals surface area contributed by atoms with E-state index in [0.29, 0.717) is 6.42 Å². The lowest BCUT2D eigenvalue weighted by Crippen LogP contribution is -2.45. The monoisotopic (exact) mass is 940 g/mol. The Labute approximate surface area is 418 Å². The predicted molar refractivity (Wildman–Crippen MR) is 296 cm³/mol. The number of aliphatic hydroxyl groups excluding tert-OH is 3. The number of carbonyl (C=O) groups is 1. The van der Waals surface area contributed by atoms with Gasteiger partial charge in [0.25, 0.3) is 0 Å². The van der Waals surface area contributed by atoms with Crippen molar-refractivity contribution >= 4 is 5.91 Å². The Morgan fingerprint density at radius 2 is 0.687 bits per heavy atom. The Balaban J connectivity index is 3.51. The van der Waals surface area contributed by atoms with Gasteiger partial charge in [-0.15, -0.1) is 0 Å². The Bertz CT molecular complexity index is 1080. The fourth-order valence-corrected chi connectivity index (χ4v) is 9.27. The van der Waals surface area contributed by atoms with Crippen molar-refractivity contribution in [2.75, 3.05) is 6.61 Å². The summed E-state index contributed by atoms with van der Waals surface area (Å²) in [5.74, 6) is -0.323. The minimum Gasteiger partial charge on any atom is -0.394 e. The molecule has 5 heteroatoms. The van der Waals surface area contributed by atoms with Gasteiger partial charge >= 0.3 is 0 Å². The van der Waals surface area contributed by atoms with Gasteiger partial charge in [0.2, 0.25) is 5.91 Å². The lowest BCUT2D eigenvalue weighted by molar-refractivity contribution is -0.124. The zero-order chi connectivity index (χ0) is 48.6. The third-order valence-electron chi connectivity index (χ3n) is 13.8. The zero-order valence-electron chi connectivity index (χ0n) is 45.0. The van der Waals surface area contributed by atoms with Crippen LogP contribution < -0.4 is 5.32 Å². The third-order valence-corrected chi connectivity index (χ3v) is 13.8. The van der Waals surface area contributed by atoms with Crippen molar-refractivity contribution in [3.63, 3.8) is 0 Å². The third kappa shape index (κ3) is 53.5. The maximum Gasteiger partial charge on any atom is 0.222 e. The molecule has 0 aromatic heterocycles. The highest BCUT2D eigenvalue weighted by molar-refractivity contribution is 5.76. The summed E-state index contributed by atoms with van der Waals surface area (Å²) in [6.07, 6.45) is 76.2. The summed E-state index contributed by atoms with van der Waals surface area (Å²) in [7, 11) is 0. The molecule has 0 heterocycles. The second-order valence-corrected chi connectivity index (χ2v) is 20.6. The molecule has 1 amide bonds. The molecular weight excluding hydrogens is 823 g/mol. The standard InChI is InChI=1S/C62H117NO4/c1-3-5-7-9-11-13-15-17-19-20-21-22-23-24-25-26-27-28-29-30-31-32-33-34-35-36-37-38-39-40-42-43-45-47-49-51-53-55-59(65)57-62(67)63-60(58-64)61(66)56-54-52-50-48-46-44-41-18-16-14-12-10-8-6-4-2/h27-28,30-31,46,48,54,56,59-61,64-66H,3-26,29,32-45,47,49-53,55,57-58H2,1-2H3,(H,63,67)/b28-27-,31-30-,48-46+,56-54+. The Morgan fingerprint density at radius 1 is 0.388 bits per heavy atom. The summed E-state index contributed by atoms with van der Waals surface area (Å²) in [5, 5.41) is 33.4. The first-order valence-electron chi connectivity index (χ1n) is 29.9. The van der Waals surface area contributed by atoms with E-state index in [1.807, 2.05) is 6.08 Å². The van der Waals surface area contributed by atoms with Crippen molar-refractivity contribution in [1.29, 1.82) is 0 Å². The second kappa shape index (κ2) is 56.9. The van der Waals surface area contributed by atoms with Gasteiger partial charge in [-0.05, 0) is 64.2 Å². The van der Waals surface area contributed by atoms with Crippen LogP contribution in [-0.2, 0) is 4.79 Å². The number of rotatable bonds is 55. The first kappa shape index (κ1) is 65.3. The highest BCUT2D eigenvalue weighted by Gasteiger charge is 2.20. The van der Waals surface area contributed by atoms with Crippen molar-refractivity contribution in [2.24, 2.45) is 0 Å². The van der Waals surface area contributed by atoms with Gasteiger partial charge in [0.15, 0.2) is 0 Å². The molecule has 0 aliphatic heterocycles. The van der Waals surface area contributed by atoms with Gasteiger partial charge < -0.3 is 20.6 Å². The van der Waals surface area contributed by atoms with E-state index in [1.54, 1.807) is 6.08 Å². The van der Waals surface area contributed by atoms with E-state index in [9.17, 15) is 20.1 Å². The fourth-order valence-electron chi connectivity index (χ4n) is 9.27. The molecule has 0 fully saturated rings. The number of aliphatic hydroxyl groups is 3. The molecule has 0 radical (unpaired) electrons. The van der Waals surface area contributed by atoms with Crippen molar-refractivity contribution in [2.45, 2.75) is 334 Å². The molecule has 394 valence electrons. The first-order valence-corrected chi connectivity index (χ1v) is 29.9. The Hall–Kier alpha value is -1.69. The highest BCUT2D eigenvalue weighted by Crippen LogP contribution is 2.17. The first-order chi connectivity index (χ1) is 33.0. The number of allylic oxidation sites excluding steroid dienone is 7. The number of unbranched alkanes of at least 4 members (excludes halogenated alkanes) is 40. The molecule has 5 nitrogen and oxygen atoms in total. The van der Waals surface area contributed by atoms with Crippen molar-refractivity contribution < 1.29 is 20.1 Å². The molecule has 0 aromatic carbocycles. The van der Waals surface area contributed by atoms with Gasteiger partial charge in [-0.2, -0.15) is 0 Å². The number of hydrogen-bond acceptors (Lipinski definition) is 4. The lowest BCUT2D eigenvalue weighted by Gasteiger charge is -2.21. The number of carbonyl (C=O) groups excluding carboxylic acids is 1. The molecule has 4 N–H and O–H groups in total. The summed E-state index contributed by atoms with van der Waals surface area (Å²) >= 11 is 0. The normalized spacial score (nSPS) is 13.6. The molecule has 0 aromatic rings. The molecule has 0 saturated heterocycles. The highest BCUT2D eigenvalue weighted by atomic mass is 16.3. The number of nitrogens with one attached hydrogen (secondary N) is 1. The van der Waals surface area contributed by atoms with Crippen LogP contribution in [0.2, 0.25) is 0 Å². The van der Waals surface area contributed by atoms with E-state index in [0.717, 1.165) is 38.5 Å². The molecular formula is C62H117NO4. The molecule has 0 aliphatic rings. The Morgan fingerprint density at radius 3 is 1.04 bits per heavy atom. The minimum absolute atomic E-state index is 0.00611. The Kier molecular flexibility index (Phi) is 55.5. The largest absolute Gasteiger partial charge is 0.394 e.